The van der Waals surface area contributed by atoms with E-state index in [1.165, 1.54) is 44.5 Å². The summed E-state index contributed by atoms with van der Waals surface area (Å²) >= 11 is 0. The normalized spacial score (nSPS) is 14.7. The van der Waals surface area contributed by atoms with Crippen molar-refractivity contribution in [3.05, 3.63) is 221 Å². The molecule has 0 atom stereocenters. The van der Waals surface area contributed by atoms with E-state index in [9.17, 15) is 5.41 Å². The fourth-order valence-electron chi connectivity index (χ4n) is 9.24. The number of nitrogens with one attached hydrogen (secondary N) is 2. The summed E-state index contributed by atoms with van der Waals surface area (Å²) < 4.78 is 0. The zero-order valence-corrected chi connectivity index (χ0v) is 29.9. The van der Waals surface area contributed by atoms with E-state index < -0.39 is 5.41 Å². The molecule has 4 heteroatoms. The minimum atomic E-state index is -0.440. The highest BCUT2D eigenvalue weighted by molar-refractivity contribution is 6.55. The second-order valence-electron chi connectivity index (χ2n) is 14.4. The van der Waals surface area contributed by atoms with Gasteiger partial charge in [-0.2, -0.15) is 5.10 Å². The van der Waals surface area contributed by atoms with Crippen molar-refractivity contribution in [3.8, 4) is 22.3 Å². The van der Waals surface area contributed by atoms with Gasteiger partial charge < -0.3 is 4.90 Å². The van der Waals surface area contributed by atoms with Crippen LogP contribution < -0.4 is 10.3 Å². The smallest absolute Gasteiger partial charge is 0.109 e. The van der Waals surface area contributed by atoms with Crippen molar-refractivity contribution in [3.63, 3.8) is 0 Å². The van der Waals surface area contributed by atoms with Gasteiger partial charge >= 0.3 is 0 Å². The van der Waals surface area contributed by atoms with Gasteiger partial charge in [0.15, 0.2) is 0 Å². The zero-order chi connectivity index (χ0) is 36.5. The molecule has 55 heavy (non-hydrogen) atoms. The predicted octanol–water partition coefficient (Wildman–Crippen LogP) is 12.5. The summed E-state index contributed by atoms with van der Waals surface area (Å²) in [5.74, 6) is 0. The Balaban J connectivity index is 1.10. The molecule has 8 aromatic carbocycles. The third-order valence-corrected chi connectivity index (χ3v) is 11.6. The molecule has 8 aromatic rings. The summed E-state index contributed by atoms with van der Waals surface area (Å²) in [5, 5.41) is 16.2. The molecule has 0 saturated carbocycles. The minimum absolute atomic E-state index is 0.394. The number of anilines is 4. The first-order chi connectivity index (χ1) is 27.2. The Morgan fingerprint density at radius 3 is 1.69 bits per heavy atom. The predicted molar refractivity (Wildman–Crippen MR) is 228 cm³/mol. The molecule has 4 nitrogen and oxygen atoms in total. The number of nitrogens with zero attached hydrogens (tertiary/aromatic N) is 2. The molecule has 3 aliphatic carbocycles. The van der Waals surface area contributed by atoms with Crippen LogP contribution in [-0.2, 0) is 5.41 Å². The molecule has 0 radical (unpaired) electrons. The van der Waals surface area contributed by atoms with Crippen LogP contribution in [0.5, 0.6) is 0 Å². The van der Waals surface area contributed by atoms with Crippen LogP contribution in [0, 0.1) is 5.41 Å². The molecule has 0 bridgehead atoms. The van der Waals surface area contributed by atoms with Gasteiger partial charge in [0.25, 0.3) is 0 Å². The van der Waals surface area contributed by atoms with E-state index in [0.29, 0.717) is 11.4 Å². The zero-order valence-electron chi connectivity index (χ0n) is 29.9. The van der Waals surface area contributed by atoms with Crippen molar-refractivity contribution in [2.24, 2.45) is 5.10 Å². The lowest BCUT2D eigenvalue weighted by molar-refractivity contribution is 0.793. The van der Waals surface area contributed by atoms with Crippen LogP contribution in [0.15, 0.2) is 193 Å². The number of rotatable bonds is 5. The molecular weight excluding hydrogens is 669 g/mol. The molecule has 0 aliphatic heterocycles. The number of hydrogen-bond acceptors (Lipinski definition) is 4. The number of allylic oxidation sites excluding steroid dienone is 1. The van der Waals surface area contributed by atoms with Gasteiger partial charge in [0.05, 0.1) is 16.8 Å². The summed E-state index contributed by atoms with van der Waals surface area (Å²) in [6.45, 7) is 0. The molecule has 0 aromatic heterocycles. The average Bonchev–Trinajstić information content (AvgIpc) is 3.71. The van der Waals surface area contributed by atoms with Crippen molar-refractivity contribution in [1.29, 1.82) is 5.41 Å². The Morgan fingerprint density at radius 2 is 1.02 bits per heavy atom. The SMILES string of the molecule is N=C1/C(=N\Nc2ccccc2)C=Cc2ccc3ccc(N(c4ccccc4)c4ccc5c(c4)C4(c6ccccc6-c6ccccc64)c4ccccc4-5)cc3c21. The van der Waals surface area contributed by atoms with E-state index in [2.05, 4.69) is 173 Å². The summed E-state index contributed by atoms with van der Waals surface area (Å²) in [6.07, 6.45) is 3.99. The molecule has 0 unspecified atom stereocenters. The molecule has 0 fully saturated rings. The molecule has 0 amide bonds. The quantitative estimate of drug-likeness (QED) is 0.175. The van der Waals surface area contributed by atoms with Crippen LogP contribution in [0.4, 0.5) is 22.7 Å². The van der Waals surface area contributed by atoms with E-state index >= 15 is 0 Å². The number of para-hydroxylation sites is 2. The number of hydrazone groups is 1. The van der Waals surface area contributed by atoms with Gasteiger partial charge in [-0.05, 0) is 115 Å². The first kappa shape index (κ1) is 31.2. The summed E-state index contributed by atoms with van der Waals surface area (Å²) in [5.41, 5.74) is 20.0. The van der Waals surface area contributed by atoms with Crippen LogP contribution in [0.2, 0.25) is 0 Å². The van der Waals surface area contributed by atoms with Crippen molar-refractivity contribution < 1.29 is 0 Å². The van der Waals surface area contributed by atoms with Crippen molar-refractivity contribution in [2.45, 2.75) is 5.41 Å². The largest absolute Gasteiger partial charge is 0.310 e. The van der Waals surface area contributed by atoms with Gasteiger partial charge in [-0.15, -0.1) is 0 Å². The molecule has 258 valence electrons. The second kappa shape index (κ2) is 12.1. The molecule has 0 saturated heterocycles. The Kier molecular flexibility index (Phi) is 6.89. The second-order valence-corrected chi connectivity index (χ2v) is 14.4. The van der Waals surface area contributed by atoms with E-state index in [-0.39, 0.29) is 0 Å². The first-order valence-corrected chi connectivity index (χ1v) is 18.7. The molecule has 0 heterocycles. The molecule has 3 aliphatic rings. The van der Waals surface area contributed by atoms with Gasteiger partial charge in [0.1, 0.15) is 5.71 Å². The maximum atomic E-state index is 9.40. The van der Waals surface area contributed by atoms with Gasteiger partial charge in [-0.3, -0.25) is 10.8 Å². The lowest BCUT2D eigenvalue weighted by Crippen LogP contribution is -2.26. The van der Waals surface area contributed by atoms with Crippen molar-refractivity contribution in [2.75, 3.05) is 10.3 Å². The number of fused-ring (bicyclic) bond motifs is 13. The maximum Gasteiger partial charge on any atom is 0.109 e. The van der Waals surface area contributed by atoms with Gasteiger partial charge in [0, 0.05) is 22.6 Å². The Morgan fingerprint density at radius 1 is 0.473 bits per heavy atom. The Bertz CT molecular complexity index is 2860. The van der Waals surface area contributed by atoms with Gasteiger partial charge in [-0.25, -0.2) is 0 Å². The van der Waals surface area contributed by atoms with Crippen molar-refractivity contribution >= 4 is 51.0 Å². The molecular formula is C51H34N4. The highest BCUT2D eigenvalue weighted by Gasteiger charge is 2.51. The van der Waals surface area contributed by atoms with E-state index in [4.69, 9.17) is 0 Å². The summed E-state index contributed by atoms with van der Waals surface area (Å²) in [4.78, 5) is 2.36. The molecule has 1 spiro atoms. The Labute approximate surface area is 319 Å². The molecule has 11 rings (SSSR count). The third-order valence-electron chi connectivity index (χ3n) is 11.6. The van der Waals surface area contributed by atoms with Gasteiger partial charge in [0.2, 0.25) is 0 Å². The van der Waals surface area contributed by atoms with Crippen LogP contribution >= 0.6 is 0 Å². The fourth-order valence-corrected chi connectivity index (χ4v) is 9.24. The lowest BCUT2D eigenvalue weighted by Gasteiger charge is -2.32. The lowest BCUT2D eigenvalue weighted by atomic mass is 9.70. The first-order valence-electron chi connectivity index (χ1n) is 18.7. The summed E-state index contributed by atoms with van der Waals surface area (Å²) in [7, 11) is 0. The topological polar surface area (TPSA) is 51.5 Å². The van der Waals surface area contributed by atoms with Crippen LogP contribution in [0.1, 0.15) is 33.4 Å². The maximum absolute atomic E-state index is 9.40. The van der Waals surface area contributed by atoms with E-state index in [1.807, 2.05) is 36.4 Å². The highest BCUT2D eigenvalue weighted by atomic mass is 15.3. The van der Waals surface area contributed by atoms with E-state index in [0.717, 1.165) is 44.6 Å². The Hall–Kier alpha value is -7.30. The van der Waals surface area contributed by atoms with Crippen LogP contribution in [0.25, 0.3) is 39.1 Å². The van der Waals surface area contributed by atoms with Gasteiger partial charge in [-0.1, -0.05) is 140 Å². The van der Waals surface area contributed by atoms with E-state index in [1.54, 1.807) is 0 Å². The average molecular weight is 703 g/mol. The highest BCUT2D eigenvalue weighted by Crippen LogP contribution is 2.63. The fraction of sp³-hybridized carbons (Fsp3) is 0.0196. The summed E-state index contributed by atoms with van der Waals surface area (Å²) in [6, 6.07) is 65.2. The third kappa shape index (κ3) is 4.58. The molecule has 2 N–H and O–H groups in total. The standard InChI is InChI=1S/C51H34N4/c52-50-48(54-53-35-13-3-1-4-14-35)30-26-34-24-23-33-25-27-37(31-43(33)49(34)50)55(36-15-5-2-6-16-36)38-28-29-42-41-19-9-12-22-46(41)51(47(42)32-38)44-20-10-7-17-39(44)40-18-8-11-21-45(40)51/h1-32,52-53H/b52-50?,54-48-. The van der Waals surface area contributed by atoms with Crippen molar-refractivity contribution in [1.82, 2.24) is 0 Å². The van der Waals surface area contributed by atoms with Crippen LogP contribution in [-0.4, -0.2) is 11.4 Å². The van der Waals surface area contributed by atoms with Crippen LogP contribution in [0.3, 0.4) is 0 Å². The number of hydrogen-bond donors (Lipinski definition) is 2. The monoisotopic (exact) mass is 702 g/mol. The minimum Gasteiger partial charge on any atom is -0.310 e. The number of benzene rings is 8.